The number of aromatic nitrogens is 1. The van der Waals surface area contributed by atoms with Crippen molar-refractivity contribution in [2.45, 2.75) is 38.1 Å². The molecule has 2 bridgehead atoms. The number of benzene rings is 1. The van der Waals surface area contributed by atoms with Crippen molar-refractivity contribution in [2.24, 2.45) is 29.2 Å². The second-order valence-corrected chi connectivity index (χ2v) is 8.07. The molecular formula is C22H26N4O3. The van der Waals surface area contributed by atoms with Gasteiger partial charge in [-0.05, 0) is 61.8 Å². The Morgan fingerprint density at radius 1 is 1.10 bits per heavy atom. The van der Waals surface area contributed by atoms with E-state index in [9.17, 15) is 9.59 Å². The number of nitrogens with zero attached hydrogens (tertiary/aromatic N) is 1. The summed E-state index contributed by atoms with van der Waals surface area (Å²) in [6.07, 6.45) is 6.80. The van der Waals surface area contributed by atoms with Crippen LogP contribution in [0.15, 0.2) is 42.6 Å². The fraction of sp³-hybridized carbons (Fsp3) is 0.409. The molecule has 0 aliphatic heterocycles. The summed E-state index contributed by atoms with van der Waals surface area (Å²) in [6, 6.07) is 10.3. The zero-order valence-electron chi connectivity index (χ0n) is 16.2. The van der Waals surface area contributed by atoms with E-state index in [1.165, 1.54) is 6.42 Å². The molecule has 0 spiro atoms. The molecule has 4 rings (SSSR count). The van der Waals surface area contributed by atoms with Crippen molar-refractivity contribution in [3.8, 4) is 11.6 Å². The number of pyridine rings is 1. The first-order valence-electron chi connectivity index (χ1n) is 10.1. The van der Waals surface area contributed by atoms with Gasteiger partial charge in [0.2, 0.25) is 17.7 Å². The Morgan fingerprint density at radius 2 is 1.86 bits per heavy atom. The van der Waals surface area contributed by atoms with Crippen LogP contribution in [0.3, 0.4) is 0 Å². The van der Waals surface area contributed by atoms with Gasteiger partial charge in [0.25, 0.3) is 0 Å². The molecule has 2 atom stereocenters. The van der Waals surface area contributed by atoms with E-state index in [2.05, 4.69) is 10.3 Å². The van der Waals surface area contributed by atoms with E-state index in [1.807, 2.05) is 0 Å². The van der Waals surface area contributed by atoms with Crippen molar-refractivity contribution in [2.75, 3.05) is 5.32 Å². The van der Waals surface area contributed by atoms with Crippen LogP contribution in [0.2, 0.25) is 0 Å². The van der Waals surface area contributed by atoms with Gasteiger partial charge < -0.3 is 21.5 Å². The molecule has 7 heteroatoms. The molecule has 29 heavy (non-hydrogen) atoms. The molecule has 1 heterocycles. The van der Waals surface area contributed by atoms with E-state index in [1.54, 1.807) is 42.6 Å². The summed E-state index contributed by atoms with van der Waals surface area (Å²) in [7, 11) is 0. The molecule has 0 saturated heterocycles. The Bertz CT molecular complexity index is 885. The Balaban J connectivity index is 1.36. The van der Waals surface area contributed by atoms with Crippen LogP contribution in [-0.4, -0.2) is 22.8 Å². The minimum Gasteiger partial charge on any atom is -0.439 e. The zero-order chi connectivity index (χ0) is 20.4. The maximum Gasteiger partial charge on any atom is 0.248 e. The highest BCUT2D eigenvalue weighted by molar-refractivity contribution is 5.93. The molecule has 1 aromatic heterocycles. The normalized spacial score (nSPS) is 25.8. The van der Waals surface area contributed by atoms with E-state index in [4.69, 9.17) is 16.2 Å². The number of primary amides is 1. The van der Waals surface area contributed by atoms with E-state index in [0.29, 0.717) is 34.7 Å². The highest BCUT2D eigenvalue weighted by Crippen LogP contribution is 2.42. The van der Waals surface area contributed by atoms with Gasteiger partial charge in [0.1, 0.15) is 5.75 Å². The molecule has 2 aliphatic carbocycles. The molecule has 152 valence electrons. The summed E-state index contributed by atoms with van der Waals surface area (Å²) >= 11 is 0. The largest absolute Gasteiger partial charge is 0.439 e. The second-order valence-electron chi connectivity index (χ2n) is 8.07. The van der Waals surface area contributed by atoms with Gasteiger partial charge in [-0.1, -0.05) is 12.5 Å². The number of amides is 2. The Kier molecular flexibility index (Phi) is 5.49. The van der Waals surface area contributed by atoms with Gasteiger partial charge in [0, 0.05) is 23.6 Å². The van der Waals surface area contributed by atoms with Crippen molar-refractivity contribution in [1.29, 1.82) is 0 Å². The van der Waals surface area contributed by atoms with Gasteiger partial charge >= 0.3 is 0 Å². The number of nitrogens with two attached hydrogens (primary N) is 2. The minimum absolute atomic E-state index is 0.0116. The second kappa shape index (κ2) is 8.21. The summed E-state index contributed by atoms with van der Waals surface area (Å²) in [6.45, 7) is 0. The monoisotopic (exact) mass is 394 g/mol. The topological polar surface area (TPSA) is 120 Å². The van der Waals surface area contributed by atoms with Crippen LogP contribution in [0, 0.1) is 17.8 Å². The fourth-order valence-electron chi connectivity index (χ4n) is 4.60. The lowest BCUT2D eigenvalue weighted by molar-refractivity contribution is -0.122. The van der Waals surface area contributed by atoms with Gasteiger partial charge in [0.15, 0.2) is 0 Å². The standard InChI is InChI=1S/C22H26N4O3/c23-20-13-3-1-4-14(20)10-16(9-13)22(28)26-17-7-8-19(25-12-17)29-18-6-2-5-15(11-18)21(24)27/h2,5-8,11-14,16,20H,1,3-4,9-10,23H2,(H2,24,27)(H,26,28). The first kappa shape index (κ1) is 19.4. The van der Waals surface area contributed by atoms with Crippen molar-refractivity contribution in [1.82, 2.24) is 4.98 Å². The van der Waals surface area contributed by atoms with Crippen molar-refractivity contribution < 1.29 is 14.3 Å². The molecule has 2 aliphatic rings. The molecular weight excluding hydrogens is 368 g/mol. The third-order valence-electron chi connectivity index (χ3n) is 6.13. The highest BCUT2D eigenvalue weighted by atomic mass is 16.5. The van der Waals surface area contributed by atoms with E-state index in [-0.39, 0.29) is 17.9 Å². The number of nitrogens with one attached hydrogen (secondary N) is 1. The summed E-state index contributed by atoms with van der Waals surface area (Å²) in [5.41, 5.74) is 12.6. The number of carbonyl (C=O) groups is 2. The summed E-state index contributed by atoms with van der Waals surface area (Å²) in [4.78, 5) is 28.2. The molecule has 1 aromatic carbocycles. The highest BCUT2D eigenvalue weighted by Gasteiger charge is 2.40. The maximum absolute atomic E-state index is 12.7. The summed E-state index contributed by atoms with van der Waals surface area (Å²) < 4.78 is 5.66. The molecule has 2 amide bonds. The first-order chi connectivity index (χ1) is 14.0. The zero-order valence-corrected chi connectivity index (χ0v) is 16.2. The number of hydrogen-bond acceptors (Lipinski definition) is 5. The number of anilines is 1. The predicted molar refractivity (Wildman–Crippen MR) is 109 cm³/mol. The number of fused-ring (bicyclic) bond motifs is 2. The fourth-order valence-corrected chi connectivity index (χ4v) is 4.60. The average Bonchev–Trinajstić information content (AvgIpc) is 2.69. The van der Waals surface area contributed by atoms with Crippen LogP contribution in [0.25, 0.3) is 0 Å². The van der Waals surface area contributed by atoms with Crippen LogP contribution in [0.1, 0.15) is 42.5 Å². The van der Waals surface area contributed by atoms with Gasteiger partial charge in [-0.3, -0.25) is 9.59 Å². The molecule has 2 saturated carbocycles. The Morgan fingerprint density at radius 3 is 2.52 bits per heavy atom. The predicted octanol–water partition coefficient (Wildman–Crippen LogP) is 3.06. The molecule has 0 radical (unpaired) electrons. The number of carbonyl (C=O) groups excluding carboxylic acids is 2. The molecule has 7 nitrogen and oxygen atoms in total. The number of hydrogen-bond donors (Lipinski definition) is 3. The minimum atomic E-state index is -0.519. The molecule has 5 N–H and O–H groups in total. The Hall–Kier alpha value is -2.93. The average molecular weight is 394 g/mol. The smallest absolute Gasteiger partial charge is 0.248 e. The number of rotatable bonds is 5. The quantitative estimate of drug-likeness (QED) is 0.720. The maximum atomic E-state index is 12.7. The number of ether oxygens (including phenoxy) is 1. The lowest BCUT2D eigenvalue weighted by Crippen LogP contribution is -2.48. The SMILES string of the molecule is NC(=O)c1cccc(Oc2ccc(NC(=O)C3CC4CCCC(C3)C4N)cn2)c1. The van der Waals surface area contributed by atoms with Crippen LogP contribution in [0.4, 0.5) is 5.69 Å². The summed E-state index contributed by atoms with van der Waals surface area (Å²) in [5.74, 6) is 1.29. The van der Waals surface area contributed by atoms with Gasteiger partial charge in [-0.15, -0.1) is 0 Å². The molecule has 2 unspecified atom stereocenters. The third-order valence-corrected chi connectivity index (χ3v) is 6.13. The van der Waals surface area contributed by atoms with Crippen LogP contribution in [-0.2, 0) is 4.79 Å². The summed E-state index contributed by atoms with van der Waals surface area (Å²) in [5, 5.41) is 2.97. The molecule has 2 aromatic rings. The van der Waals surface area contributed by atoms with Crippen LogP contribution in [0.5, 0.6) is 11.6 Å². The third kappa shape index (κ3) is 4.40. The lowest BCUT2D eigenvalue weighted by atomic mass is 9.65. The first-order valence-corrected chi connectivity index (χ1v) is 10.1. The van der Waals surface area contributed by atoms with Gasteiger partial charge in [-0.25, -0.2) is 4.98 Å². The Labute approximate surface area is 169 Å². The van der Waals surface area contributed by atoms with E-state index in [0.717, 1.165) is 25.7 Å². The van der Waals surface area contributed by atoms with Crippen molar-refractivity contribution >= 4 is 17.5 Å². The van der Waals surface area contributed by atoms with Crippen LogP contribution < -0.4 is 21.5 Å². The van der Waals surface area contributed by atoms with Crippen molar-refractivity contribution in [3.63, 3.8) is 0 Å². The van der Waals surface area contributed by atoms with Gasteiger partial charge in [0.05, 0.1) is 11.9 Å². The van der Waals surface area contributed by atoms with Crippen molar-refractivity contribution in [3.05, 3.63) is 48.2 Å². The van der Waals surface area contributed by atoms with E-state index >= 15 is 0 Å². The molecule has 2 fully saturated rings. The lowest BCUT2D eigenvalue weighted by Gasteiger charge is -2.43. The van der Waals surface area contributed by atoms with Crippen LogP contribution >= 0.6 is 0 Å². The van der Waals surface area contributed by atoms with Gasteiger partial charge in [-0.2, -0.15) is 0 Å². The van der Waals surface area contributed by atoms with E-state index < -0.39 is 5.91 Å².